The second-order valence-corrected chi connectivity index (χ2v) is 5.03. The van der Waals surface area contributed by atoms with Gasteiger partial charge in [0.05, 0.1) is 0 Å². The minimum absolute atomic E-state index is 0.693. The average Bonchev–Trinajstić information content (AvgIpc) is 2.58. The van der Waals surface area contributed by atoms with Crippen molar-refractivity contribution in [3.05, 3.63) is 0 Å². The molecule has 1 saturated heterocycles. The molecule has 0 bridgehead atoms. The Balaban J connectivity index is 2.04. The van der Waals surface area contributed by atoms with E-state index in [1.165, 1.54) is 58.3 Å². The Morgan fingerprint density at radius 2 is 2.06 bits per heavy atom. The Hall–Kier alpha value is -0.120. The molecular weight excluding hydrogens is 212 g/mol. The predicted octanol–water partition coefficient (Wildman–Crippen LogP) is 2.27. The van der Waals surface area contributed by atoms with Gasteiger partial charge in [-0.3, -0.25) is 0 Å². The molecule has 3 nitrogen and oxygen atoms in total. The average molecular weight is 242 g/mol. The molecule has 1 aliphatic rings. The molecular formula is C14H30N2O. The van der Waals surface area contributed by atoms with Crippen LogP contribution in [0.1, 0.15) is 46.0 Å². The quantitative estimate of drug-likeness (QED) is 0.661. The van der Waals surface area contributed by atoms with Crippen molar-refractivity contribution < 1.29 is 4.74 Å². The summed E-state index contributed by atoms with van der Waals surface area (Å²) in [6, 6.07) is 0.693. The summed E-state index contributed by atoms with van der Waals surface area (Å²) in [5.74, 6) is 0. The zero-order chi connectivity index (χ0) is 12.3. The molecule has 1 aliphatic heterocycles. The monoisotopic (exact) mass is 242 g/mol. The summed E-state index contributed by atoms with van der Waals surface area (Å²) in [4.78, 5) is 2.59. The summed E-state index contributed by atoms with van der Waals surface area (Å²) >= 11 is 0. The standard InChI is InChI=1S/C14H30N2O/c1-3-5-11-17-12-7-10-16-9-6-8-15-14(4-2)13-16/h14-15H,3-13H2,1-2H3. The highest BCUT2D eigenvalue weighted by Gasteiger charge is 2.15. The Kier molecular flexibility index (Phi) is 8.67. The van der Waals surface area contributed by atoms with E-state index in [0.717, 1.165) is 13.2 Å². The van der Waals surface area contributed by atoms with Crippen LogP contribution in [0.3, 0.4) is 0 Å². The van der Waals surface area contributed by atoms with Gasteiger partial charge in [0.15, 0.2) is 0 Å². The van der Waals surface area contributed by atoms with E-state index in [1.54, 1.807) is 0 Å². The molecule has 1 rings (SSSR count). The number of unbranched alkanes of at least 4 members (excludes halogenated alkanes) is 1. The lowest BCUT2D eigenvalue weighted by atomic mass is 10.2. The number of hydrogen-bond donors (Lipinski definition) is 1. The molecule has 0 radical (unpaired) electrons. The first-order valence-electron chi connectivity index (χ1n) is 7.40. The van der Waals surface area contributed by atoms with E-state index in [9.17, 15) is 0 Å². The highest BCUT2D eigenvalue weighted by Crippen LogP contribution is 2.04. The van der Waals surface area contributed by atoms with Crippen molar-refractivity contribution >= 4 is 0 Å². The highest BCUT2D eigenvalue weighted by molar-refractivity contribution is 4.75. The van der Waals surface area contributed by atoms with Gasteiger partial charge in [-0.05, 0) is 38.8 Å². The van der Waals surface area contributed by atoms with E-state index in [-0.39, 0.29) is 0 Å². The Morgan fingerprint density at radius 3 is 2.82 bits per heavy atom. The molecule has 0 aromatic rings. The summed E-state index contributed by atoms with van der Waals surface area (Å²) in [7, 11) is 0. The lowest BCUT2D eigenvalue weighted by molar-refractivity contribution is 0.117. The summed E-state index contributed by atoms with van der Waals surface area (Å²) in [5, 5.41) is 3.61. The van der Waals surface area contributed by atoms with Crippen LogP contribution >= 0.6 is 0 Å². The number of hydrogen-bond acceptors (Lipinski definition) is 3. The zero-order valence-corrected chi connectivity index (χ0v) is 11.7. The van der Waals surface area contributed by atoms with Crippen LogP contribution in [0.4, 0.5) is 0 Å². The van der Waals surface area contributed by atoms with E-state index >= 15 is 0 Å². The van der Waals surface area contributed by atoms with Gasteiger partial charge < -0.3 is 15.0 Å². The third kappa shape index (κ3) is 7.02. The Bertz CT molecular complexity index is 176. The van der Waals surface area contributed by atoms with Crippen LogP contribution in [0.2, 0.25) is 0 Å². The van der Waals surface area contributed by atoms with E-state index in [2.05, 4.69) is 24.1 Å². The van der Waals surface area contributed by atoms with E-state index in [4.69, 9.17) is 4.74 Å². The van der Waals surface area contributed by atoms with Crippen molar-refractivity contribution in [2.75, 3.05) is 39.4 Å². The van der Waals surface area contributed by atoms with E-state index in [1.807, 2.05) is 0 Å². The minimum atomic E-state index is 0.693. The van der Waals surface area contributed by atoms with Crippen LogP contribution in [0, 0.1) is 0 Å². The molecule has 1 atom stereocenters. The molecule has 0 aliphatic carbocycles. The van der Waals surface area contributed by atoms with Crippen molar-refractivity contribution in [2.45, 2.75) is 52.0 Å². The molecule has 102 valence electrons. The molecule has 0 aromatic carbocycles. The van der Waals surface area contributed by atoms with Gasteiger partial charge in [-0.1, -0.05) is 20.3 Å². The first-order valence-corrected chi connectivity index (χ1v) is 7.40. The van der Waals surface area contributed by atoms with Crippen molar-refractivity contribution in [3.8, 4) is 0 Å². The predicted molar refractivity (Wildman–Crippen MR) is 73.5 cm³/mol. The molecule has 0 spiro atoms. The molecule has 1 N–H and O–H groups in total. The van der Waals surface area contributed by atoms with Gasteiger partial charge >= 0.3 is 0 Å². The summed E-state index contributed by atoms with van der Waals surface area (Å²) in [6.07, 6.45) is 6.14. The maximum atomic E-state index is 5.61. The largest absolute Gasteiger partial charge is 0.381 e. The number of nitrogens with zero attached hydrogens (tertiary/aromatic N) is 1. The van der Waals surface area contributed by atoms with Crippen molar-refractivity contribution in [2.24, 2.45) is 0 Å². The second-order valence-electron chi connectivity index (χ2n) is 5.03. The second kappa shape index (κ2) is 9.86. The van der Waals surface area contributed by atoms with Crippen LogP contribution in [-0.2, 0) is 4.74 Å². The molecule has 1 fully saturated rings. The molecule has 0 amide bonds. The number of nitrogens with one attached hydrogen (secondary N) is 1. The van der Waals surface area contributed by atoms with Crippen molar-refractivity contribution in [3.63, 3.8) is 0 Å². The van der Waals surface area contributed by atoms with Gasteiger partial charge in [0, 0.05) is 32.3 Å². The summed E-state index contributed by atoms with van der Waals surface area (Å²) in [6.45, 7) is 11.2. The van der Waals surface area contributed by atoms with Gasteiger partial charge in [-0.2, -0.15) is 0 Å². The van der Waals surface area contributed by atoms with E-state index in [0.29, 0.717) is 6.04 Å². The van der Waals surface area contributed by atoms with Gasteiger partial charge in [0.2, 0.25) is 0 Å². The van der Waals surface area contributed by atoms with Gasteiger partial charge in [0.25, 0.3) is 0 Å². The van der Waals surface area contributed by atoms with E-state index < -0.39 is 0 Å². The van der Waals surface area contributed by atoms with Crippen LogP contribution in [0.25, 0.3) is 0 Å². The van der Waals surface area contributed by atoms with Crippen LogP contribution in [-0.4, -0.2) is 50.3 Å². The normalized spacial score (nSPS) is 22.6. The Morgan fingerprint density at radius 1 is 1.24 bits per heavy atom. The first-order chi connectivity index (χ1) is 8.36. The maximum absolute atomic E-state index is 5.61. The SMILES string of the molecule is CCCCOCCCN1CCCNC(CC)C1. The summed E-state index contributed by atoms with van der Waals surface area (Å²) in [5.41, 5.74) is 0. The van der Waals surface area contributed by atoms with Gasteiger partial charge in [-0.25, -0.2) is 0 Å². The third-order valence-corrected chi connectivity index (χ3v) is 3.46. The topological polar surface area (TPSA) is 24.5 Å². The fraction of sp³-hybridized carbons (Fsp3) is 1.00. The number of rotatable bonds is 8. The molecule has 1 heterocycles. The van der Waals surface area contributed by atoms with Gasteiger partial charge in [-0.15, -0.1) is 0 Å². The lowest BCUT2D eigenvalue weighted by Crippen LogP contribution is -2.37. The highest BCUT2D eigenvalue weighted by atomic mass is 16.5. The molecule has 0 saturated carbocycles. The third-order valence-electron chi connectivity index (χ3n) is 3.46. The van der Waals surface area contributed by atoms with Crippen molar-refractivity contribution in [1.29, 1.82) is 0 Å². The van der Waals surface area contributed by atoms with Crippen LogP contribution < -0.4 is 5.32 Å². The Labute approximate surface area is 107 Å². The lowest BCUT2D eigenvalue weighted by Gasteiger charge is -2.23. The maximum Gasteiger partial charge on any atom is 0.0478 e. The fourth-order valence-electron chi connectivity index (χ4n) is 2.29. The smallest absolute Gasteiger partial charge is 0.0478 e. The zero-order valence-electron chi connectivity index (χ0n) is 11.7. The molecule has 0 aromatic heterocycles. The summed E-state index contributed by atoms with van der Waals surface area (Å²) < 4.78 is 5.61. The molecule has 3 heteroatoms. The molecule has 1 unspecified atom stereocenters. The van der Waals surface area contributed by atoms with Crippen LogP contribution in [0.15, 0.2) is 0 Å². The number of ether oxygens (including phenoxy) is 1. The van der Waals surface area contributed by atoms with Crippen LogP contribution in [0.5, 0.6) is 0 Å². The first kappa shape index (κ1) is 14.9. The minimum Gasteiger partial charge on any atom is -0.381 e. The fourth-order valence-corrected chi connectivity index (χ4v) is 2.29. The molecule has 17 heavy (non-hydrogen) atoms. The van der Waals surface area contributed by atoms with Crippen molar-refractivity contribution in [1.82, 2.24) is 10.2 Å². The van der Waals surface area contributed by atoms with Gasteiger partial charge in [0.1, 0.15) is 0 Å².